The fraction of sp³-hybridized carbons (Fsp3) is 0.538. The van der Waals surface area contributed by atoms with Crippen molar-refractivity contribution in [2.45, 2.75) is 37.7 Å². The number of carboxylic acid groups (broad SMARTS) is 1. The van der Waals surface area contributed by atoms with Gasteiger partial charge in [-0.3, -0.25) is 4.79 Å². The normalized spacial score (nSPS) is 21.3. The summed E-state index contributed by atoms with van der Waals surface area (Å²) >= 11 is 1.65. The Hall–Kier alpha value is -1.40. The molecule has 1 amide bonds. The van der Waals surface area contributed by atoms with Crippen molar-refractivity contribution in [3.63, 3.8) is 0 Å². The van der Waals surface area contributed by atoms with Crippen LogP contribution in [0.4, 0.5) is 0 Å². The number of thiophene rings is 1. The molecule has 5 nitrogen and oxygen atoms in total. The van der Waals surface area contributed by atoms with Crippen LogP contribution < -0.4 is 5.32 Å². The Morgan fingerprint density at radius 3 is 3.00 bits per heavy atom. The van der Waals surface area contributed by atoms with Crippen molar-refractivity contribution in [3.05, 3.63) is 21.9 Å². The summed E-state index contributed by atoms with van der Waals surface area (Å²) in [5, 5.41) is 22.9. The van der Waals surface area contributed by atoms with Crippen LogP contribution in [0, 0.1) is 0 Å². The second-order valence-electron chi connectivity index (χ2n) is 5.04. The first-order chi connectivity index (χ1) is 8.92. The maximum absolute atomic E-state index is 12.1. The average Bonchev–Trinajstić information content (AvgIpc) is 2.83. The zero-order valence-electron chi connectivity index (χ0n) is 10.7. The van der Waals surface area contributed by atoms with E-state index >= 15 is 0 Å². The van der Waals surface area contributed by atoms with E-state index in [-0.39, 0.29) is 18.4 Å². The molecule has 3 N–H and O–H groups in total. The maximum atomic E-state index is 12.1. The zero-order chi connectivity index (χ0) is 14.0. The Bertz CT molecular complexity index is 495. The van der Waals surface area contributed by atoms with E-state index in [4.69, 9.17) is 5.11 Å². The quantitative estimate of drug-likeness (QED) is 0.773. The standard InChI is InChI=1S/C13H17NO4S/c1-13(18,12(16)17)7-14-11(15)9-3-2-4-10-8(9)5-6-19-10/h5-6,9,18H,2-4,7H2,1H3,(H,14,15)(H,16,17). The molecule has 104 valence electrons. The lowest BCUT2D eigenvalue weighted by Gasteiger charge is -2.24. The highest BCUT2D eigenvalue weighted by Gasteiger charge is 2.33. The van der Waals surface area contributed by atoms with E-state index in [1.165, 1.54) is 11.8 Å². The van der Waals surface area contributed by atoms with Crippen molar-refractivity contribution < 1.29 is 19.8 Å². The van der Waals surface area contributed by atoms with Crippen LogP contribution in [0.1, 0.15) is 36.1 Å². The Balaban J connectivity index is 2.01. The predicted molar refractivity (Wildman–Crippen MR) is 71.3 cm³/mol. The van der Waals surface area contributed by atoms with Crippen molar-refractivity contribution in [1.29, 1.82) is 0 Å². The van der Waals surface area contributed by atoms with Gasteiger partial charge in [-0.15, -0.1) is 11.3 Å². The molecule has 2 unspecified atom stereocenters. The summed E-state index contributed by atoms with van der Waals surface area (Å²) in [4.78, 5) is 24.1. The second kappa shape index (κ2) is 5.30. The highest BCUT2D eigenvalue weighted by molar-refractivity contribution is 7.10. The smallest absolute Gasteiger partial charge is 0.337 e. The maximum Gasteiger partial charge on any atom is 0.337 e. The molecule has 1 aromatic rings. The number of hydrogen-bond acceptors (Lipinski definition) is 4. The van der Waals surface area contributed by atoms with Gasteiger partial charge in [-0.25, -0.2) is 4.79 Å². The lowest BCUT2D eigenvalue weighted by atomic mass is 9.87. The van der Waals surface area contributed by atoms with Crippen LogP contribution >= 0.6 is 11.3 Å². The SMILES string of the molecule is CC(O)(CNC(=O)C1CCCc2sccc21)C(=O)O. The number of fused-ring (bicyclic) bond motifs is 1. The summed E-state index contributed by atoms with van der Waals surface area (Å²) in [6, 6.07) is 1.96. The van der Waals surface area contributed by atoms with E-state index in [2.05, 4.69) is 5.32 Å². The lowest BCUT2D eigenvalue weighted by molar-refractivity contribution is -0.156. The van der Waals surface area contributed by atoms with Gasteiger partial charge >= 0.3 is 5.97 Å². The molecule has 6 heteroatoms. The van der Waals surface area contributed by atoms with Gasteiger partial charge in [0.25, 0.3) is 0 Å². The van der Waals surface area contributed by atoms with E-state index in [9.17, 15) is 14.7 Å². The van der Waals surface area contributed by atoms with Crippen LogP contribution in [-0.2, 0) is 16.0 Å². The summed E-state index contributed by atoms with van der Waals surface area (Å²) in [6.45, 7) is 0.893. The van der Waals surface area contributed by atoms with Crippen molar-refractivity contribution in [2.75, 3.05) is 6.54 Å². The fourth-order valence-corrected chi connectivity index (χ4v) is 3.20. The van der Waals surface area contributed by atoms with Crippen LogP contribution in [0.5, 0.6) is 0 Å². The molecule has 19 heavy (non-hydrogen) atoms. The number of nitrogens with one attached hydrogen (secondary N) is 1. The molecular formula is C13H17NO4S. The third-order valence-corrected chi connectivity index (χ3v) is 4.43. The molecule has 2 rings (SSSR count). The third-order valence-electron chi connectivity index (χ3n) is 3.44. The lowest BCUT2D eigenvalue weighted by Crippen LogP contribution is -2.47. The zero-order valence-corrected chi connectivity index (χ0v) is 11.5. The van der Waals surface area contributed by atoms with E-state index in [0.717, 1.165) is 24.8 Å². The van der Waals surface area contributed by atoms with Gasteiger partial charge in [0.1, 0.15) is 0 Å². The third kappa shape index (κ3) is 2.96. The molecule has 1 aromatic heterocycles. The van der Waals surface area contributed by atoms with E-state index < -0.39 is 11.6 Å². The molecule has 0 radical (unpaired) electrons. The molecule has 0 bridgehead atoms. The van der Waals surface area contributed by atoms with Crippen LogP contribution in [0.3, 0.4) is 0 Å². The monoisotopic (exact) mass is 283 g/mol. The minimum absolute atomic E-state index is 0.208. The average molecular weight is 283 g/mol. The predicted octanol–water partition coefficient (Wildman–Crippen LogP) is 1.12. The molecule has 1 aliphatic carbocycles. The number of aliphatic carboxylic acids is 1. The summed E-state index contributed by atoms with van der Waals surface area (Å²) in [5.74, 6) is -1.77. The van der Waals surface area contributed by atoms with Crippen LogP contribution in [-0.4, -0.2) is 34.2 Å². The molecule has 0 fully saturated rings. The summed E-state index contributed by atoms with van der Waals surface area (Å²) in [6.07, 6.45) is 2.73. The molecule has 1 heterocycles. The Labute approximate surface area is 115 Å². The van der Waals surface area contributed by atoms with Crippen molar-refractivity contribution >= 4 is 23.2 Å². The number of amides is 1. The van der Waals surface area contributed by atoms with Gasteiger partial charge < -0.3 is 15.5 Å². The summed E-state index contributed by atoms with van der Waals surface area (Å²) < 4.78 is 0. The minimum atomic E-state index is -1.93. The van der Waals surface area contributed by atoms with Crippen LogP contribution in [0.25, 0.3) is 0 Å². The minimum Gasteiger partial charge on any atom is -0.479 e. The number of carboxylic acids is 1. The van der Waals surface area contributed by atoms with Crippen LogP contribution in [0.15, 0.2) is 11.4 Å². The fourth-order valence-electron chi connectivity index (χ4n) is 2.22. The second-order valence-corrected chi connectivity index (χ2v) is 6.04. The van der Waals surface area contributed by atoms with Crippen molar-refractivity contribution in [1.82, 2.24) is 5.32 Å². The Kier molecular flexibility index (Phi) is 3.91. The highest BCUT2D eigenvalue weighted by Crippen LogP contribution is 2.34. The number of carbonyl (C=O) groups excluding carboxylic acids is 1. The largest absolute Gasteiger partial charge is 0.479 e. The molecule has 2 atom stereocenters. The topological polar surface area (TPSA) is 86.6 Å². The van der Waals surface area contributed by atoms with Gasteiger partial charge in [-0.05, 0) is 43.2 Å². The molecule has 1 aliphatic rings. The molecule has 0 saturated carbocycles. The number of hydrogen-bond donors (Lipinski definition) is 3. The molecular weight excluding hydrogens is 266 g/mol. The number of aliphatic hydroxyl groups is 1. The first-order valence-electron chi connectivity index (χ1n) is 6.21. The van der Waals surface area contributed by atoms with Gasteiger partial charge in [0.15, 0.2) is 5.60 Å². The van der Waals surface area contributed by atoms with Crippen molar-refractivity contribution in [3.8, 4) is 0 Å². The molecule has 0 saturated heterocycles. The first-order valence-corrected chi connectivity index (χ1v) is 7.09. The number of aryl methyl sites for hydroxylation is 1. The Morgan fingerprint density at radius 1 is 1.58 bits per heavy atom. The molecule has 0 aromatic carbocycles. The summed E-state index contributed by atoms with van der Waals surface area (Å²) in [5.41, 5.74) is -0.884. The number of carbonyl (C=O) groups is 2. The van der Waals surface area contributed by atoms with E-state index in [1.807, 2.05) is 11.4 Å². The van der Waals surface area contributed by atoms with Gasteiger partial charge in [0.2, 0.25) is 5.91 Å². The number of rotatable bonds is 4. The van der Waals surface area contributed by atoms with E-state index in [0.29, 0.717) is 0 Å². The van der Waals surface area contributed by atoms with Crippen molar-refractivity contribution in [2.24, 2.45) is 0 Å². The van der Waals surface area contributed by atoms with Crippen LogP contribution in [0.2, 0.25) is 0 Å². The first kappa shape index (κ1) is 14.0. The van der Waals surface area contributed by atoms with Gasteiger partial charge in [-0.1, -0.05) is 0 Å². The Morgan fingerprint density at radius 2 is 2.32 bits per heavy atom. The summed E-state index contributed by atoms with van der Waals surface area (Å²) in [7, 11) is 0. The van der Waals surface area contributed by atoms with Gasteiger partial charge in [0.05, 0.1) is 12.5 Å². The highest BCUT2D eigenvalue weighted by atomic mass is 32.1. The molecule has 0 spiro atoms. The molecule has 0 aliphatic heterocycles. The van der Waals surface area contributed by atoms with E-state index in [1.54, 1.807) is 11.3 Å². The van der Waals surface area contributed by atoms with Gasteiger partial charge in [-0.2, -0.15) is 0 Å². The van der Waals surface area contributed by atoms with Gasteiger partial charge in [0, 0.05) is 4.88 Å².